The summed E-state index contributed by atoms with van der Waals surface area (Å²) < 4.78 is 26.5. The van der Waals surface area contributed by atoms with E-state index in [0.717, 1.165) is 9.21 Å². The summed E-state index contributed by atoms with van der Waals surface area (Å²) in [7, 11) is -3.79. The zero-order valence-corrected chi connectivity index (χ0v) is 13.9. The van der Waals surface area contributed by atoms with Crippen molar-refractivity contribution < 1.29 is 18.0 Å². The van der Waals surface area contributed by atoms with Crippen LogP contribution in [0.25, 0.3) is 0 Å². The van der Waals surface area contributed by atoms with Gasteiger partial charge < -0.3 is 0 Å². The van der Waals surface area contributed by atoms with Crippen molar-refractivity contribution >= 4 is 21.8 Å². The summed E-state index contributed by atoms with van der Waals surface area (Å²) in [5.74, 6) is -0.949. The number of amides is 2. The summed E-state index contributed by atoms with van der Waals surface area (Å²) in [6.45, 7) is 1.50. The van der Waals surface area contributed by atoms with E-state index >= 15 is 0 Å². The standard InChI is InChI=1S/C17H16N2O4S/c1-2-18(24(22,23)13-8-4-3-5-9-13)12-19-16(20)14-10-6-7-11-15(14)17(19)21/h3-11H,2,12H2,1H3. The largest absolute Gasteiger partial charge is 0.269 e. The Morgan fingerprint density at radius 3 is 1.88 bits per heavy atom. The number of imide groups is 1. The average Bonchev–Trinajstić information content (AvgIpc) is 2.85. The summed E-state index contributed by atoms with van der Waals surface area (Å²) in [6.07, 6.45) is 0. The van der Waals surface area contributed by atoms with Crippen LogP contribution in [0.15, 0.2) is 59.5 Å². The van der Waals surface area contributed by atoms with Crippen molar-refractivity contribution in [2.75, 3.05) is 13.2 Å². The highest BCUT2D eigenvalue weighted by Crippen LogP contribution is 2.24. The van der Waals surface area contributed by atoms with Crippen LogP contribution in [-0.4, -0.2) is 42.7 Å². The molecule has 0 aromatic heterocycles. The number of hydrogen-bond donors (Lipinski definition) is 0. The SMILES string of the molecule is CCN(CN1C(=O)c2ccccc2C1=O)S(=O)(=O)c1ccccc1. The molecule has 124 valence electrons. The second-order valence-electron chi connectivity index (χ2n) is 5.31. The van der Waals surface area contributed by atoms with Crippen molar-refractivity contribution in [3.05, 3.63) is 65.7 Å². The number of hydrogen-bond acceptors (Lipinski definition) is 4. The third-order valence-corrected chi connectivity index (χ3v) is 5.83. The van der Waals surface area contributed by atoms with E-state index in [2.05, 4.69) is 0 Å². The fourth-order valence-electron chi connectivity index (χ4n) is 2.61. The lowest BCUT2D eigenvalue weighted by Crippen LogP contribution is -2.43. The van der Waals surface area contributed by atoms with Crippen LogP contribution in [-0.2, 0) is 10.0 Å². The molecule has 1 aliphatic rings. The summed E-state index contributed by atoms with van der Waals surface area (Å²) in [6, 6.07) is 14.4. The molecule has 0 bridgehead atoms. The van der Waals surface area contributed by atoms with Gasteiger partial charge in [-0.05, 0) is 24.3 Å². The molecule has 0 fully saturated rings. The fraction of sp³-hybridized carbons (Fsp3) is 0.176. The van der Waals surface area contributed by atoms with E-state index in [4.69, 9.17) is 0 Å². The van der Waals surface area contributed by atoms with Gasteiger partial charge in [-0.25, -0.2) is 8.42 Å². The number of rotatable bonds is 5. The molecule has 6 nitrogen and oxygen atoms in total. The van der Waals surface area contributed by atoms with E-state index < -0.39 is 21.8 Å². The molecule has 0 unspecified atom stereocenters. The molecule has 2 amide bonds. The zero-order valence-electron chi connectivity index (χ0n) is 13.0. The van der Waals surface area contributed by atoms with Gasteiger partial charge in [-0.1, -0.05) is 37.3 Å². The Morgan fingerprint density at radius 2 is 1.38 bits per heavy atom. The summed E-state index contributed by atoms with van der Waals surface area (Å²) in [5.41, 5.74) is 0.603. The van der Waals surface area contributed by atoms with Crippen LogP contribution in [0.2, 0.25) is 0 Å². The van der Waals surface area contributed by atoms with E-state index in [1.54, 1.807) is 49.4 Å². The predicted molar refractivity (Wildman–Crippen MR) is 87.8 cm³/mol. The highest BCUT2D eigenvalue weighted by molar-refractivity contribution is 7.89. The normalized spacial score (nSPS) is 14.3. The third kappa shape index (κ3) is 2.61. The molecular weight excluding hydrogens is 328 g/mol. The Balaban J connectivity index is 1.90. The van der Waals surface area contributed by atoms with Gasteiger partial charge in [0.15, 0.2) is 0 Å². The van der Waals surface area contributed by atoms with Crippen LogP contribution in [0.5, 0.6) is 0 Å². The Labute approximate surface area is 140 Å². The molecule has 0 aliphatic carbocycles. The minimum Gasteiger partial charge on any atom is -0.269 e. The lowest BCUT2D eigenvalue weighted by atomic mass is 10.1. The maximum Gasteiger partial charge on any atom is 0.262 e. The molecule has 7 heteroatoms. The molecular formula is C17H16N2O4S. The zero-order chi connectivity index (χ0) is 17.3. The molecule has 0 saturated carbocycles. The van der Waals surface area contributed by atoms with Gasteiger partial charge in [0.05, 0.1) is 22.7 Å². The molecule has 2 aromatic rings. The molecule has 2 aromatic carbocycles. The first-order valence-electron chi connectivity index (χ1n) is 7.47. The minimum atomic E-state index is -3.79. The molecule has 24 heavy (non-hydrogen) atoms. The van der Waals surface area contributed by atoms with Crippen molar-refractivity contribution in [1.29, 1.82) is 0 Å². The number of carbonyl (C=O) groups excluding carboxylic acids is 2. The molecule has 1 aliphatic heterocycles. The maximum absolute atomic E-state index is 12.7. The van der Waals surface area contributed by atoms with E-state index in [9.17, 15) is 18.0 Å². The van der Waals surface area contributed by atoms with Crippen LogP contribution in [0.1, 0.15) is 27.6 Å². The van der Waals surface area contributed by atoms with Gasteiger partial charge in [0.25, 0.3) is 11.8 Å². The first kappa shape index (κ1) is 16.4. The molecule has 0 N–H and O–H groups in total. The van der Waals surface area contributed by atoms with E-state index in [0.29, 0.717) is 11.1 Å². The summed E-state index contributed by atoms with van der Waals surface area (Å²) >= 11 is 0. The van der Waals surface area contributed by atoms with Gasteiger partial charge in [-0.2, -0.15) is 4.31 Å². The number of nitrogens with zero attached hydrogens (tertiary/aromatic N) is 2. The molecule has 0 saturated heterocycles. The van der Waals surface area contributed by atoms with Crippen LogP contribution >= 0.6 is 0 Å². The third-order valence-electron chi connectivity index (χ3n) is 3.91. The van der Waals surface area contributed by atoms with Crippen molar-refractivity contribution in [1.82, 2.24) is 9.21 Å². The van der Waals surface area contributed by atoms with Gasteiger partial charge in [-0.15, -0.1) is 0 Å². The number of fused-ring (bicyclic) bond motifs is 1. The molecule has 0 radical (unpaired) electrons. The Morgan fingerprint density at radius 1 is 0.875 bits per heavy atom. The number of carbonyl (C=O) groups is 2. The molecule has 0 atom stereocenters. The van der Waals surface area contributed by atoms with Crippen molar-refractivity contribution in [2.24, 2.45) is 0 Å². The maximum atomic E-state index is 12.7. The van der Waals surface area contributed by atoms with Crippen LogP contribution in [0.4, 0.5) is 0 Å². The van der Waals surface area contributed by atoms with Crippen molar-refractivity contribution in [2.45, 2.75) is 11.8 Å². The highest BCUT2D eigenvalue weighted by atomic mass is 32.2. The fourth-order valence-corrected chi connectivity index (χ4v) is 4.02. The van der Waals surface area contributed by atoms with Gasteiger partial charge in [0, 0.05) is 6.54 Å². The van der Waals surface area contributed by atoms with E-state index in [-0.39, 0.29) is 18.1 Å². The summed E-state index contributed by atoms with van der Waals surface area (Å²) in [4.78, 5) is 25.9. The second-order valence-corrected chi connectivity index (χ2v) is 7.25. The molecule has 1 heterocycles. The van der Waals surface area contributed by atoms with Crippen molar-refractivity contribution in [3.8, 4) is 0 Å². The predicted octanol–water partition coefficient (Wildman–Crippen LogP) is 1.95. The van der Waals surface area contributed by atoms with Gasteiger partial charge in [0.2, 0.25) is 10.0 Å². The lowest BCUT2D eigenvalue weighted by Gasteiger charge is -2.25. The smallest absolute Gasteiger partial charge is 0.262 e. The topological polar surface area (TPSA) is 74.8 Å². The van der Waals surface area contributed by atoms with Gasteiger partial charge >= 0.3 is 0 Å². The van der Waals surface area contributed by atoms with E-state index in [1.807, 2.05) is 0 Å². The number of benzene rings is 2. The monoisotopic (exact) mass is 344 g/mol. The van der Waals surface area contributed by atoms with Crippen LogP contribution in [0, 0.1) is 0 Å². The average molecular weight is 344 g/mol. The Hall–Kier alpha value is -2.51. The second kappa shape index (κ2) is 6.18. The van der Waals surface area contributed by atoms with Gasteiger partial charge in [-0.3, -0.25) is 14.5 Å². The minimum absolute atomic E-state index is 0.128. The van der Waals surface area contributed by atoms with Gasteiger partial charge in [0.1, 0.15) is 0 Å². The first-order chi connectivity index (χ1) is 11.5. The lowest BCUT2D eigenvalue weighted by molar-refractivity contribution is 0.0605. The van der Waals surface area contributed by atoms with Crippen LogP contribution < -0.4 is 0 Å². The molecule has 3 rings (SSSR count). The Kier molecular flexibility index (Phi) is 4.21. The van der Waals surface area contributed by atoms with Crippen molar-refractivity contribution in [3.63, 3.8) is 0 Å². The molecule has 0 spiro atoms. The summed E-state index contributed by atoms with van der Waals surface area (Å²) in [5, 5.41) is 0. The Bertz CT molecular complexity index is 859. The number of sulfonamides is 1. The van der Waals surface area contributed by atoms with E-state index in [1.165, 1.54) is 12.1 Å². The quantitative estimate of drug-likeness (QED) is 0.777. The highest BCUT2D eigenvalue weighted by Gasteiger charge is 2.38. The first-order valence-corrected chi connectivity index (χ1v) is 8.91. The van der Waals surface area contributed by atoms with Crippen LogP contribution in [0.3, 0.4) is 0 Å².